The molecule has 0 aliphatic carbocycles. The van der Waals surface area contributed by atoms with Crippen LogP contribution in [0.4, 0.5) is 13.2 Å². The van der Waals surface area contributed by atoms with E-state index in [2.05, 4.69) is 26.1 Å². The van der Waals surface area contributed by atoms with Crippen molar-refractivity contribution in [3.8, 4) is 0 Å². The van der Waals surface area contributed by atoms with Crippen LogP contribution in [0.1, 0.15) is 30.4 Å². The summed E-state index contributed by atoms with van der Waals surface area (Å²) in [5.74, 6) is -0.177. The van der Waals surface area contributed by atoms with Crippen LogP contribution in [0.5, 0.6) is 0 Å². The summed E-state index contributed by atoms with van der Waals surface area (Å²) in [5.41, 5.74) is 0.264. The second-order valence-corrected chi connectivity index (χ2v) is 6.40. The first-order chi connectivity index (χ1) is 11.6. The Bertz CT molecular complexity index is 753. The van der Waals surface area contributed by atoms with Crippen molar-refractivity contribution in [3.63, 3.8) is 0 Å². The van der Waals surface area contributed by atoms with Crippen LogP contribution in [0.15, 0.2) is 16.7 Å². The monoisotopic (exact) mass is 421 g/mol. The van der Waals surface area contributed by atoms with Gasteiger partial charge < -0.3 is 4.90 Å². The zero-order valence-corrected chi connectivity index (χ0v) is 15.7. The molecule has 0 aliphatic heterocycles. The third kappa shape index (κ3) is 4.42. The molecule has 0 fully saturated rings. The predicted molar refractivity (Wildman–Crippen MR) is 88.7 cm³/mol. The van der Waals surface area contributed by atoms with E-state index in [1.807, 2.05) is 13.0 Å². The Hall–Kier alpha value is -1.84. The van der Waals surface area contributed by atoms with Gasteiger partial charge in [0.15, 0.2) is 5.69 Å². The number of hydrogen-bond donors (Lipinski definition) is 0. The summed E-state index contributed by atoms with van der Waals surface area (Å²) >= 11 is 2.92. The van der Waals surface area contributed by atoms with Crippen LogP contribution in [0, 0.1) is 6.92 Å². The highest BCUT2D eigenvalue weighted by Crippen LogP contribution is 2.35. The molecule has 0 spiro atoms. The Balaban J connectivity index is 2.00. The lowest BCUT2D eigenvalue weighted by molar-refractivity contribution is -0.142. The molecule has 25 heavy (non-hydrogen) atoms. The smallest absolute Gasteiger partial charge is 0.340 e. The second-order valence-electron chi connectivity index (χ2n) is 5.61. The number of carbonyl (C=O) groups excluding carboxylic acids is 1. The van der Waals surface area contributed by atoms with Crippen molar-refractivity contribution in [1.29, 1.82) is 0 Å². The minimum absolute atomic E-state index is 0.0586. The van der Waals surface area contributed by atoms with Crippen molar-refractivity contribution in [2.75, 3.05) is 7.05 Å². The first-order valence-corrected chi connectivity index (χ1v) is 8.49. The molecule has 0 radical (unpaired) electrons. The normalized spacial score (nSPS) is 11.8. The third-order valence-corrected chi connectivity index (χ3v) is 4.82. The summed E-state index contributed by atoms with van der Waals surface area (Å²) in [7, 11) is 1.66. The van der Waals surface area contributed by atoms with Crippen LogP contribution < -0.4 is 0 Å². The van der Waals surface area contributed by atoms with Crippen molar-refractivity contribution >= 4 is 21.8 Å². The Kier molecular flexibility index (Phi) is 5.91. The lowest BCUT2D eigenvalue weighted by Crippen LogP contribution is -2.28. The number of hydrogen-bond acceptors (Lipinski definition) is 3. The molecule has 0 N–H and O–H groups in total. The van der Waals surface area contributed by atoms with Crippen LogP contribution in [0.2, 0.25) is 0 Å². The van der Waals surface area contributed by atoms with E-state index in [4.69, 9.17) is 0 Å². The second kappa shape index (κ2) is 7.59. The van der Waals surface area contributed by atoms with Crippen LogP contribution in [0.3, 0.4) is 0 Å². The summed E-state index contributed by atoms with van der Waals surface area (Å²) in [5, 5.41) is 7.72. The fraction of sp³-hybridized carbons (Fsp3) is 0.533. The Morgan fingerprint density at radius 3 is 2.60 bits per heavy atom. The number of aromatic nitrogens is 4. The van der Waals surface area contributed by atoms with Gasteiger partial charge in [0.25, 0.3) is 0 Å². The number of carbonyl (C=O) groups is 1. The molecule has 2 aromatic heterocycles. The molecule has 0 aliphatic rings. The molecule has 2 heterocycles. The highest BCUT2D eigenvalue weighted by atomic mass is 79.9. The van der Waals surface area contributed by atoms with Gasteiger partial charge in [0.1, 0.15) is 0 Å². The summed E-state index contributed by atoms with van der Waals surface area (Å²) in [6.45, 7) is 4.65. The number of amides is 1. The molecule has 0 bridgehead atoms. The zero-order chi connectivity index (χ0) is 18.8. The largest absolute Gasteiger partial charge is 0.436 e. The van der Waals surface area contributed by atoms with Gasteiger partial charge in [-0.05, 0) is 35.8 Å². The third-order valence-electron chi connectivity index (χ3n) is 3.87. The van der Waals surface area contributed by atoms with Gasteiger partial charge in [-0.15, -0.1) is 0 Å². The summed E-state index contributed by atoms with van der Waals surface area (Å²) in [6.07, 6.45) is -2.81. The summed E-state index contributed by atoms with van der Waals surface area (Å²) in [4.78, 5) is 13.8. The van der Waals surface area contributed by atoms with E-state index >= 15 is 0 Å². The van der Waals surface area contributed by atoms with Crippen molar-refractivity contribution in [1.82, 2.24) is 24.5 Å². The van der Waals surface area contributed by atoms with Gasteiger partial charge in [0.2, 0.25) is 5.91 Å². The lowest BCUT2D eigenvalue weighted by Gasteiger charge is -2.18. The molecule has 0 saturated carbocycles. The Morgan fingerprint density at radius 1 is 1.36 bits per heavy atom. The lowest BCUT2D eigenvalue weighted by atomic mass is 10.3. The number of halogens is 4. The van der Waals surface area contributed by atoms with Gasteiger partial charge >= 0.3 is 6.18 Å². The van der Waals surface area contributed by atoms with E-state index in [9.17, 15) is 18.0 Å². The van der Waals surface area contributed by atoms with Gasteiger partial charge in [0, 0.05) is 26.2 Å². The van der Waals surface area contributed by atoms with Gasteiger partial charge in [-0.25, -0.2) is 0 Å². The zero-order valence-electron chi connectivity index (χ0n) is 14.1. The molecule has 0 saturated heterocycles. The molecular formula is C15H19BrF3N5O. The molecule has 2 aromatic rings. The maximum absolute atomic E-state index is 12.9. The molecule has 10 heteroatoms. The highest BCUT2D eigenvalue weighted by Gasteiger charge is 2.37. The summed E-state index contributed by atoms with van der Waals surface area (Å²) < 4.78 is 41.5. The van der Waals surface area contributed by atoms with Crippen molar-refractivity contribution in [2.45, 2.75) is 46.1 Å². The first kappa shape index (κ1) is 19.5. The van der Waals surface area contributed by atoms with Gasteiger partial charge in [-0.1, -0.05) is 0 Å². The molecule has 0 unspecified atom stereocenters. The van der Waals surface area contributed by atoms with Crippen molar-refractivity contribution in [3.05, 3.63) is 33.8 Å². The van der Waals surface area contributed by atoms with Gasteiger partial charge in [-0.2, -0.15) is 23.4 Å². The van der Waals surface area contributed by atoms with Crippen LogP contribution >= 0.6 is 15.9 Å². The minimum Gasteiger partial charge on any atom is -0.340 e. The van der Waals surface area contributed by atoms with E-state index in [1.165, 1.54) is 16.5 Å². The van der Waals surface area contributed by atoms with Crippen LogP contribution in [0.25, 0.3) is 0 Å². The molecular weight excluding hydrogens is 403 g/mol. The molecule has 138 valence electrons. The van der Waals surface area contributed by atoms with Crippen LogP contribution in [-0.2, 0) is 30.6 Å². The standard InChI is InChI=1S/C15H19BrF3N5O/c1-4-23-11(5-7-20-23)9-22(3)12(25)6-8-24-10(2)13(16)14(21-24)15(17,18)19/h5,7H,4,6,8-9H2,1-3H3. The number of rotatable bonds is 6. The number of nitrogens with zero attached hydrogens (tertiary/aromatic N) is 5. The number of aryl methyl sites for hydroxylation is 2. The van der Waals surface area contributed by atoms with E-state index in [0.29, 0.717) is 18.8 Å². The highest BCUT2D eigenvalue weighted by molar-refractivity contribution is 9.10. The van der Waals surface area contributed by atoms with E-state index in [0.717, 1.165) is 5.69 Å². The van der Waals surface area contributed by atoms with E-state index < -0.39 is 11.9 Å². The molecule has 0 atom stereocenters. The first-order valence-electron chi connectivity index (χ1n) is 7.69. The molecule has 0 aromatic carbocycles. The van der Waals surface area contributed by atoms with E-state index in [1.54, 1.807) is 17.9 Å². The van der Waals surface area contributed by atoms with Crippen molar-refractivity contribution in [2.24, 2.45) is 0 Å². The van der Waals surface area contributed by atoms with Crippen molar-refractivity contribution < 1.29 is 18.0 Å². The Morgan fingerprint density at radius 2 is 2.04 bits per heavy atom. The predicted octanol–water partition coefficient (Wildman–Crippen LogP) is 3.24. The summed E-state index contributed by atoms with van der Waals surface area (Å²) in [6, 6.07) is 1.83. The maximum Gasteiger partial charge on any atom is 0.436 e. The van der Waals surface area contributed by atoms with E-state index in [-0.39, 0.29) is 23.3 Å². The minimum atomic E-state index is -4.53. The fourth-order valence-corrected chi connectivity index (χ4v) is 2.93. The quantitative estimate of drug-likeness (QED) is 0.719. The number of alkyl halides is 3. The molecule has 1 amide bonds. The van der Waals surface area contributed by atoms with Crippen LogP contribution in [-0.4, -0.2) is 37.4 Å². The maximum atomic E-state index is 12.9. The Labute approximate surface area is 151 Å². The molecule has 2 rings (SSSR count). The molecule has 6 nitrogen and oxygen atoms in total. The van der Waals surface area contributed by atoms with Gasteiger partial charge in [-0.3, -0.25) is 14.2 Å². The van der Waals surface area contributed by atoms with Gasteiger partial charge in [0.05, 0.1) is 29.0 Å². The average Bonchev–Trinajstić information content (AvgIpc) is 3.10. The topological polar surface area (TPSA) is 56.0 Å². The average molecular weight is 422 g/mol. The SMILES string of the molecule is CCn1nccc1CN(C)C(=O)CCn1nc(C(F)(F)F)c(Br)c1C. The fourth-order valence-electron chi connectivity index (χ4n) is 2.43.